The van der Waals surface area contributed by atoms with E-state index in [0.29, 0.717) is 24.2 Å². The molecule has 0 unspecified atom stereocenters. The minimum Gasteiger partial charge on any atom is -0.493 e. The molecule has 3 aromatic heterocycles. The molecule has 0 bridgehead atoms. The highest BCUT2D eigenvalue weighted by Crippen LogP contribution is 2.30. The average Bonchev–Trinajstić information content (AvgIpc) is 3.33. The van der Waals surface area contributed by atoms with Crippen molar-refractivity contribution in [3.63, 3.8) is 0 Å². The second-order valence-corrected chi connectivity index (χ2v) is 7.69. The van der Waals surface area contributed by atoms with Crippen molar-refractivity contribution in [3.05, 3.63) is 77.2 Å². The Labute approximate surface area is 179 Å². The van der Waals surface area contributed by atoms with Gasteiger partial charge in [0.25, 0.3) is 0 Å². The molecule has 0 spiro atoms. The van der Waals surface area contributed by atoms with Gasteiger partial charge in [-0.2, -0.15) is 10.1 Å². The fourth-order valence-electron chi connectivity index (χ4n) is 3.47. The molecule has 158 valence electrons. The van der Waals surface area contributed by atoms with E-state index in [1.54, 1.807) is 42.5 Å². The molecule has 1 saturated carbocycles. The number of H-pyrrole nitrogens is 1. The van der Waals surface area contributed by atoms with Crippen LogP contribution in [0.4, 0.5) is 0 Å². The van der Waals surface area contributed by atoms with E-state index in [0.717, 1.165) is 29.0 Å². The van der Waals surface area contributed by atoms with Gasteiger partial charge in [-0.3, -0.25) is 14.2 Å². The fraction of sp³-hybridized carbons (Fsp3) is 0.261. The van der Waals surface area contributed by atoms with Crippen LogP contribution in [0.25, 0.3) is 16.9 Å². The molecule has 1 aliphatic carbocycles. The number of aromatic nitrogens is 5. The van der Waals surface area contributed by atoms with Crippen LogP contribution in [0.15, 0.2) is 66.0 Å². The van der Waals surface area contributed by atoms with Gasteiger partial charge in [0, 0.05) is 29.7 Å². The van der Waals surface area contributed by atoms with Gasteiger partial charge in [0.05, 0.1) is 26.5 Å². The lowest BCUT2D eigenvalue weighted by molar-refractivity contribution is 0.299. The number of pyridine rings is 1. The topological polar surface area (TPSA) is 87.0 Å². The van der Waals surface area contributed by atoms with Crippen molar-refractivity contribution in [2.24, 2.45) is 5.92 Å². The Bertz CT molecular complexity index is 1240. The fourth-order valence-corrected chi connectivity index (χ4v) is 3.47. The maximum Gasteiger partial charge on any atom is 0.334 e. The molecular formula is C23H23N5O3. The Morgan fingerprint density at radius 1 is 1.19 bits per heavy atom. The lowest BCUT2D eigenvalue weighted by Gasteiger charge is -2.09. The maximum absolute atomic E-state index is 13.0. The molecule has 1 aliphatic rings. The molecule has 0 atom stereocenters. The van der Waals surface area contributed by atoms with Gasteiger partial charge in [-0.15, -0.1) is 0 Å². The summed E-state index contributed by atoms with van der Waals surface area (Å²) in [7, 11) is 1.56. The van der Waals surface area contributed by atoms with Gasteiger partial charge >= 0.3 is 5.69 Å². The summed E-state index contributed by atoms with van der Waals surface area (Å²) in [6.45, 7) is 1.22. The van der Waals surface area contributed by atoms with E-state index in [4.69, 9.17) is 9.47 Å². The normalized spacial score (nSPS) is 13.3. The molecule has 5 rings (SSSR count). The molecule has 0 amide bonds. The zero-order chi connectivity index (χ0) is 21.2. The van der Waals surface area contributed by atoms with Crippen molar-refractivity contribution in [2.45, 2.75) is 19.4 Å². The van der Waals surface area contributed by atoms with E-state index >= 15 is 0 Å². The molecule has 0 aliphatic heterocycles. The van der Waals surface area contributed by atoms with Gasteiger partial charge in [0.15, 0.2) is 0 Å². The third-order valence-electron chi connectivity index (χ3n) is 5.38. The van der Waals surface area contributed by atoms with Crippen LogP contribution >= 0.6 is 0 Å². The minimum atomic E-state index is -0.171. The van der Waals surface area contributed by atoms with Crippen molar-refractivity contribution in [1.82, 2.24) is 24.3 Å². The lowest BCUT2D eigenvalue weighted by atomic mass is 10.1. The molecule has 1 fully saturated rings. The Morgan fingerprint density at radius 2 is 2.10 bits per heavy atom. The van der Waals surface area contributed by atoms with Crippen molar-refractivity contribution < 1.29 is 9.47 Å². The van der Waals surface area contributed by atoms with E-state index < -0.39 is 0 Å². The van der Waals surface area contributed by atoms with Crippen LogP contribution in [-0.2, 0) is 6.54 Å². The zero-order valence-electron chi connectivity index (χ0n) is 17.2. The van der Waals surface area contributed by atoms with Gasteiger partial charge in [-0.1, -0.05) is 12.1 Å². The molecule has 0 saturated heterocycles. The predicted octanol–water partition coefficient (Wildman–Crippen LogP) is 3.27. The van der Waals surface area contributed by atoms with Crippen LogP contribution in [0.3, 0.4) is 0 Å². The van der Waals surface area contributed by atoms with E-state index in [2.05, 4.69) is 15.2 Å². The van der Waals surface area contributed by atoms with Crippen LogP contribution in [0, 0.1) is 5.92 Å². The minimum absolute atomic E-state index is 0.171. The number of rotatable bonds is 8. The van der Waals surface area contributed by atoms with Gasteiger partial charge in [0.2, 0.25) is 5.88 Å². The summed E-state index contributed by atoms with van der Waals surface area (Å²) in [5, 5.41) is 6.75. The monoisotopic (exact) mass is 417 g/mol. The molecule has 0 radical (unpaired) electrons. The van der Waals surface area contributed by atoms with E-state index in [-0.39, 0.29) is 5.69 Å². The van der Waals surface area contributed by atoms with Crippen molar-refractivity contribution in [2.75, 3.05) is 13.7 Å². The third kappa shape index (κ3) is 4.09. The first kappa shape index (κ1) is 19.2. The van der Waals surface area contributed by atoms with E-state index in [9.17, 15) is 4.79 Å². The standard InChI is InChI=1S/C23H23N5O3/c1-30-22-20(18-12-24-25-13-18)7-8-21(26-22)28-10-9-27(23(28)29)14-17-3-2-4-19(11-17)31-15-16-5-6-16/h2-4,7-13,16H,5-6,14-15H2,1H3,(H,24,25). The van der Waals surface area contributed by atoms with Crippen LogP contribution in [0.5, 0.6) is 11.6 Å². The van der Waals surface area contributed by atoms with Gasteiger partial charge in [-0.05, 0) is 48.6 Å². The smallest absolute Gasteiger partial charge is 0.334 e. The average molecular weight is 417 g/mol. The maximum atomic E-state index is 13.0. The molecule has 1 N–H and O–H groups in total. The highest BCUT2D eigenvalue weighted by atomic mass is 16.5. The number of nitrogens with zero attached hydrogens (tertiary/aromatic N) is 4. The number of methoxy groups -OCH3 is 1. The predicted molar refractivity (Wildman–Crippen MR) is 116 cm³/mol. The first-order valence-electron chi connectivity index (χ1n) is 10.3. The second kappa shape index (κ2) is 8.14. The summed E-state index contributed by atoms with van der Waals surface area (Å²) in [4.78, 5) is 17.5. The first-order chi connectivity index (χ1) is 15.2. The SMILES string of the molecule is COc1nc(-n2ccn(Cc3cccc(OCC4CC4)c3)c2=O)ccc1-c1cn[nH]c1. The molecule has 31 heavy (non-hydrogen) atoms. The molecule has 8 nitrogen and oxygen atoms in total. The molecule has 8 heteroatoms. The van der Waals surface area contributed by atoms with Crippen molar-refractivity contribution in [1.29, 1.82) is 0 Å². The van der Waals surface area contributed by atoms with Crippen molar-refractivity contribution in [3.8, 4) is 28.6 Å². The van der Waals surface area contributed by atoms with Crippen molar-refractivity contribution >= 4 is 0 Å². The zero-order valence-corrected chi connectivity index (χ0v) is 17.2. The largest absolute Gasteiger partial charge is 0.493 e. The number of hydrogen-bond donors (Lipinski definition) is 1. The summed E-state index contributed by atoms with van der Waals surface area (Å²) in [6, 6.07) is 11.6. The molecular weight excluding hydrogens is 394 g/mol. The number of aromatic amines is 1. The molecule has 1 aromatic carbocycles. The Morgan fingerprint density at radius 3 is 2.87 bits per heavy atom. The van der Waals surface area contributed by atoms with Gasteiger partial charge in [0.1, 0.15) is 11.6 Å². The lowest BCUT2D eigenvalue weighted by Crippen LogP contribution is -2.24. The first-order valence-corrected chi connectivity index (χ1v) is 10.3. The highest BCUT2D eigenvalue weighted by molar-refractivity contribution is 5.67. The number of nitrogens with one attached hydrogen (secondary N) is 1. The third-order valence-corrected chi connectivity index (χ3v) is 5.38. The summed E-state index contributed by atoms with van der Waals surface area (Å²) < 4.78 is 14.5. The van der Waals surface area contributed by atoms with Crippen LogP contribution in [-0.4, -0.2) is 38.0 Å². The Hall–Kier alpha value is -3.81. The Kier molecular flexibility index (Phi) is 5.03. The molecule has 3 heterocycles. The number of benzene rings is 1. The van der Waals surface area contributed by atoms with Crippen LogP contribution in [0.2, 0.25) is 0 Å². The summed E-state index contributed by atoms with van der Waals surface area (Å²) in [5.41, 5.74) is 2.50. The summed E-state index contributed by atoms with van der Waals surface area (Å²) in [5.74, 6) is 2.47. The summed E-state index contributed by atoms with van der Waals surface area (Å²) in [6.07, 6.45) is 9.46. The number of hydrogen-bond acceptors (Lipinski definition) is 5. The quantitative estimate of drug-likeness (QED) is 0.475. The van der Waals surface area contributed by atoms with E-state index in [1.165, 1.54) is 17.4 Å². The Balaban J connectivity index is 1.38. The van der Waals surface area contributed by atoms with Gasteiger partial charge in [-0.25, -0.2) is 4.79 Å². The van der Waals surface area contributed by atoms with E-state index in [1.807, 2.05) is 30.3 Å². The second-order valence-electron chi connectivity index (χ2n) is 7.69. The summed E-state index contributed by atoms with van der Waals surface area (Å²) >= 11 is 0. The number of imidazole rings is 1. The number of ether oxygens (including phenoxy) is 2. The van der Waals surface area contributed by atoms with Gasteiger partial charge < -0.3 is 9.47 Å². The van der Waals surface area contributed by atoms with Crippen LogP contribution in [0.1, 0.15) is 18.4 Å². The highest BCUT2D eigenvalue weighted by Gasteiger charge is 2.22. The van der Waals surface area contributed by atoms with Crippen LogP contribution < -0.4 is 15.2 Å². The molecule has 4 aromatic rings.